The van der Waals surface area contributed by atoms with Crippen molar-refractivity contribution in [3.63, 3.8) is 0 Å². The molecule has 0 saturated carbocycles. The van der Waals surface area contributed by atoms with E-state index >= 15 is 0 Å². The molecule has 0 aliphatic carbocycles. The molecule has 0 spiro atoms. The predicted octanol–water partition coefficient (Wildman–Crippen LogP) is 5.04. The molecular weight excluding hydrogens is 403 g/mol. The number of benzene rings is 1. The summed E-state index contributed by atoms with van der Waals surface area (Å²) in [5, 5.41) is 5.59. The molecule has 0 amide bonds. The van der Waals surface area contributed by atoms with Crippen molar-refractivity contribution in [3.8, 4) is 0 Å². The minimum absolute atomic E-state index is 0.292. The number of hydrogen-bond acceptors (Lipinski definition) is 4. The summed E-state index contributed by atoms with van der Waals surface area (Å²) in [5.74, 6) is -0.392. The van der Waals surface area contributed by atoms with Crippen LogP contribution in [0, 0.1) is 0 Å². The van der Waals surface area contributed by atoms with E-state index in [9.17, 15) is 21.6 Å². The van der Waals surface area contributed by atoms with Crippen LogP contribution >= 0.6 is 22.7 Å². The van der Waals surface area contributed by atoms with Gasteiger partial charge in [0.1, 0.15) is 0 Å². The lowest BCUT2D eigenvalue weighted by molar-refractivity contribution is -0.137. The summed E-state index contributed by atoms with van der Waals surface area (Å²) in [5.41, 5.74) is 0.315. The minimum Gasteiger partial charge on any atom is -0.212 e. The molecule has 0 fully saturated rings. The predicted molar refractivity (Wildman–Crippen MR) is 97.7 cm³/mol. The van der Waals surface area contributed by atoms with Crippen LogP contribution < -0.4 is 4.72 Å². The Morgan fingerprint density at radius 1 is 1.04 bits per heavy atom. The Morgan fingerprint density at radius 3 is 2.31 bits per heavy atom. The van der Waals surface area contributed by atoms with Gasteiger partial charge in [-0.05, 0) is 51.5 Å². The fourth-order valence-corrected chi connectivity index (χ4v) is 5.32. The summed E-state index contributed by atoms with van der Waals surface area (Å²) >= 11 is 2.90. The van der Waals surface area contributed by atoms with E-state index in [0.29, 0.717) is 5.56 Å². The van der Waals surface area contributed by atoms with Gasteiger partial charge in [-0.1, -0.05) is 18.2 Å². The average Bonchev–Trinajstić information content (AvgIpc) is 3.26. The molecule has 138 valence electrons. The van der Waals surface area contributed by atoms with E-state index in [1.165, 1.54) is 34.8 Å². The number of thiophene rings is 2. The SMILES string of the molecule is O=S(=O)(Cc1ccc(C(F)(F)F)cc1)N[C@@H](c1ccsc1)c1cccs1. The van der Waals surface area contributed by atoms with Gasteiger partial charge in [-0.25, -0.2) is 13.1 Å². The minimum atomic E-state index is -4.45. The van der Waals surface area contributed by atoms with Gasteiger partial charge in [0.15, 0.2) is 0 Å². The highest BCUT2D eigenvalue weighted by molar-refractivity contribution is 7.88. The Morgan fingerprint density at radius 2 is 1.77 bits per heavy atom. The monoisotopic (exact) mass is 417 g/mol. The summed E-state index contributed by atoms with van der Waals surface area (Å²) in [4.78, 5) is 0.847. The van der Waals surface area contributed by atoms with E-state index in [1.807, 2.05) is 34.3 Å². The first kappa shape index (κ1) is 19.1. The topological polar surface area (TPSA) is 46.2 Å². The van der Waals surface area contributed by atoms with Gasteiger partial charge in [-0.15, -0.1) is 11.3 Å². The highest BCUT2D eigenvalue weighted by Gasteiger charge is 2.30. The van der Waals surface area contributed by atoms with Gasteiger partial charge in [0, 0.05) is 4.88 Å². The zero-order valence-corrected chi connectivity index (χ0v) is 15.7. The summed E-state index contributed by atoms with van der Waals surface area (Å²) < 4.78 is 65.6. The van der Waals surface area contributed by atoms with Crippen molar-refractivity contribution in [1.82, 2.24) is 4.72 Å². The van der Waals surface area contributed by atoms with Gasteiger partial charge < -0.3 is 0 Å². The van der Waals surface area contributed by atoms with Crippen LogP contribution in [0.1, 0.15) is 27.6 Å². The maximum atomic E-state index is 12.6. The third kappa shape index (κ3) is 4.73. The molecule has 9 heteroatoms. The van der Waals surface area contributed by atoms with Crippen molar-refractivity contribution in [2.75, 3.05) is 0 Å². The molecule has 0 unspecified atom stereocenters. The van der Waals surface area contributed by atoms with Crippen LogP contribution in [0.15, 0.2) is 58.6 Å². The fraction of sp³-hybridized carbons (Fsp3) is 0.176. The lowest BCUT2D eigenvalue weighted by Crippen LogP contribution is -2.29. The van der Waals surface area contributed by atoms with Crippen LogP contribution in [-0.2, 0) is 22.0 Å². The Labute approximate surface area is 157 Å². The van der Waals surface area contributed by atoms with Gasteiger partial charge >= 0.3 is 6.18 Å². The van der Waals surface area contributed by atoms with Crippen LogP contribution in [-0.4, -0.2) is 8.42 Å². The van der Waals surface area contributed by atoms with Gasteiger partial charge in [0.2, 0.25) is 10.0 Å². The Hall–Kier alpha value is -1.68. The van der Waals surface area contributed by atoms with E-state index in [4.69, 9.17) is 0 Å². The number of rotatable bonds is 6. The molecule has 1 N–H and O–H groups in total. The summed E-state index contributed by atoms with van der Waals surface area (Å²) in [6.45, 7) is 0. The number of sulfonamides is 1. The Bertz CT molecular complexity index is 898. The van der Waals surface area contributed by atoms with Crippen LogP contribution in [0.25, 0.3) is 0 Å². The first-order valence-corrected chi connectivity index (χ1v) is 10.9. The van der Waals surface area contributed by atoms with Gasteiger partial charge in [0.05, 0.1) is 17.4 Å². The molecule has 0 saturated heterocycles. The second kappa shape index (κ2) is 7.51. The molecule has 1 aromatic carbocycles. The molecule has 2 heterocycles. The summed E-state index contributed by atoms with van der Waals surface area (Å²) in [7, 11) is -3.75. The molecule has 3 aromatic rings. The van der Waals surface area contributed by atoms with E-state index < -0.39 is 33.6 Å². The highest BCUT2D eigenvalue weighted by Crippen LogP contribution is 2.30. The Balaban J connectivity index is 1.79. The maximum absolute atomic E-state index is 12.6. The number of nitrogens with one attached hydrogen (secondary N) is 1. The molecule has 0 radical (unpaired) electrons. The molecule has 0 aliphatic heterocycles. The smallest absolute Gasteiger partial charge is 0.212 e. The third-order valence-corrected chi connectivity index (χ3v) is 6.59. The number of alkyl halides is 3. The van der Waals surface area contributed by atoms with Crippen LogP contribution in [0.4, 0.5) is 13.2 Å². The van der Waals surface area contributed by atoms with Crippen molar-refractivity contribution in [2.45, 2.75) is 18.0 Å². The molecule has 2 aromatic heterocycles. The van der Waals surface area contributed by atoms with Crippen molar-refractivity contribution >= 4 is 32.7 Å². The molecule has 0 aliphatic rings. The zero-order chi connectivity index (χ0) is 18.8. The van der Waals surface area contributed by atoms with Crippen LogP contribution in [0.5, 0.6) is 0 Å². The van der Waals surface area contributed by atoms with Crippen LogP contribution in [0.2, 0.25) is 0 Å². The van der Waals surface area contributed by atoms with E-state index in [1.54, 1.807) is 0 Å². The summed E-state index contributed by atoms with van der Waals surface area (Å²) in [6.07, 6.45) is -4.45. The van der Waals surface area contributed by atoms with Crippen molar-refractivity contribution in [3.05, 3.63) is 80.2 Å². The van der Waals surface area contributed by atoms with Crippen molar-refractivity contribution in [1.29, 1.82) is 0 Å². The van der Waals surface area contributed by atoms with Crippen molar-refractivity contribution < 1.29 is 21.6 Å². The van der Waals surface area contributed by atoms with E-state index in [-0.39, 0.29) is 0 Å². The van der Waals surface area contributed by atoms with Gasteiger partial charge in [-0.3, -0.25) is 0 Å². The fourth-order valence-electron chi connectivity index (χ4n) is 2.42. The molecule has 3 rings (SSSR count). The van der Waals surface area contributed by atoms with Gasteiger partial charge in [-0.2, -0.15) is 24.5 Å². The first-order valence-electron chi connectivity index (χ1n) is 7.46. The van der Waals surface area contributed by atoms with Gasteiger partial charge in [0.25, 0.3) is 0 Å². The first-order chi connectivity index (χ1) is 12.2. The lowest BCUT2D eigenvalue weighted by atomic mass is 10.1. The van der Waals surface area contributed by atoms with Crippen molar-refractivity contribution in [2.24, 2.45) is 0 Å². The molecule has 3 nitrogen and oxygen atoms in total. The average molecular weight is 417 g/mol. The summed E-state index contributed by atoms with van der Waals surface area (Å²) in [6, 6.07) is 9.16. The highest BCUT2D eigenvalue weighted by atomic mass is 32.2. The largest absolute Gasteiger partial charge is 0.416 e. The van der Waals surface area contributed by atoms with Crippen LogP contribution in [0.3, 0.4) is 0 Å². The lowest BCUT2D eigenvalue weighted by Gasteiger charge is -2.17. The standard InChI is InChI=1S/C17H14F3NO2S3/c18-17(19,20)14-5-3-12(4-6-14)11-26(22,23)21-16(13-7-9-24-10-13)15-2-1-8-25-15/h1-10,16,21H,11H2/t16-/m0/s1. The molecule has 0 bridgehead atoms. The van der Waals surface area contributed by atoms with E-state index in [0.717, 1.165) is 22.6 Å². The normalized spacial score (nSPS) is 13.7. The third-order valence-electron chi connectivity index (χ3n) is 3.64. The van der Waals surface area contributed by atoms with E-state index in [2.05, 4.69) is 4.72 Å². The molecule has 26 heavy (non-hydrogen) atoms. The second-order valence-corrected chi connectivity index (χ2v) is 9.09. The molecular formula is C17H14F3NO2S3. The molecule has 1 atom stereocenters. The zero-order valence-electron chi connectivity index (χ0n) is 13.2. The Kier molecular flexibility index (Phi) is 5.52. The number of hydrogen-bond donors (Lipinski definition) is 1. The second-order valence-electron chi connectivity index (χ2n) is 5.58. The maximum Gasteiger partial charge on any atom is 0.416 e. The quantitative estimate of drug-likeness (QED) is 0.611. The number of halogens is 3.